The van der Waals surface area contributed by atoms with Crippen molar-refractivity contribution < 1.29 is 38.4 Å². The zero-order chi connectivity index (χ0) is 27.7. The highest BCUT2D eigenvalue weighted by Crippen LogP contribution is 2.38. The van der Waals surface area contributed by atoms with Crippen molar-refractivity contribution in [3.8, 4) is 28.7 Å². The van der Waals surface area contributed by atoms with Crippen LogP contribution in [0.3, 0.4) is 0 Å². The van der Waals surface area contributed by atoms with Crippen LogP contribution >= 0.6 is 0 Å². The summed E-state index contributed by atoms with van der Waals surface area (Å²) >= 11 is 0. The van der Waals surface area contributed by atoms with Gasteiger partial charge in [0.1, 0.15) is 17.5 Å². The molecule has 1 atom stereocenters. The van der Waals surface area contributed by atoms with Crippen LogP contribution < -0.4 is 24.7 Å². The first-order valence-electron chi connectivity index (χ1n) is 11.7. The highest BCUT2D eigenvalue weighted by Gasteiger charge is 2.30. The van der Waals surface area contributed by atoms with Crippen LogP contribution in [-0.2, 0) is 16.1 Å². The van der Waals surface area contributed by atoms with Gasteiger partial charge in [-0.05, 0) is 60.5 Å². The van der Waals surface area contributed by atoms with Crippen LogP contribution in [0.2, 0.25) is 0 Å². The molecule has 0 fully saturated rings. The zero-order valence-corrected chi connectivity index (χ0v) is 21.4. The molecule has 10 heteroatoms. The summed E-state index contributed by atoms with van der Waals surface area (Å²) in [5.74, 6) is -0.216. The number of carboxylic acids is 1. The minimum Gasteiger partial charge on any atom is -0.493 e. The van der Waals surface area contributed by atoms with Crippen LogP contribution in [0.4, 0.5) is 0 Å². The number of hydrogen-bond acceptors (Lipinski definition) is 7. The Labute approximate surface area is 220 Å². The highest BCUT2D eigenvalue weighted by molar-refractivity contribution is 5.97. The number of para-hydroxylation sites is 1. The predicted octanol–water partition coefficient (Wildman–Crippen LogP) is 3.87. The lowest BCUT2D eigenvalue weighted by Gasteiger charge is -2.30. The van der Waals surface area contributed by atoms with Crippen LogP contribution in [0, 0.1) is 0 Å². The lowest BCUT2D eigenvalue weighted by Crippen LogP contribution is -2.47. The van der Waals surface area contributed by atoms with Crippen molar-refractivity contribution in [1.29, 1.82) is 0 Å². The number of amides is 2. The summed E-state index contributed by atoms with van der Waals surface area (Å²) in [5, 5.41) is 9.20. The lowest BCUT2D eigenvalue weighted by atomic mass is 10.0. The van der Waals surface area contributed by atoms with E-state index in [-0.39, 0.29) is 24.9 Å². The minimum absolute atomic E-state index is 0.0783. The van der Waals surface area contributed by atoms with Gasteiger partial charge in [0.25, 0.3) is 5.91 Å². The Hall–Kier alpha value is -4.73. The molecule has 0 saturated heterocycles. The van der Waals surface area contributed by atoms with Crippen molar-refractivity contribution in [2.24, 2.45) is 5.73 Å². The van der Waals surface area contributed by atoms with Gasteiger partial charge in [-0.3, -0.25) is 14.4 Å². The number of ether oxygens (including phenoxy) is 4. The van der Waals surface area contributed by atoms with E-state index in [1.54, 1.807) is 48.5 Å². The van der Waals surface area contributed by atoms with E-state index in [9.17, 15) is 19.5 Å². The van der Waals surface area contributed by atoms with E-state index in [1.165, 1.54) is 26.2 Å². The third-order valence-electron chi connectivity index (χ3n) is 5.75. The van der Waals surface area contributed by atoms with E-state index in [1.807, 2.05) is 18.2 Å². The summed E-state index contributed by atoms with van der Waals surface area (Å²) in [5.41, 5.74) is 6.46. The molecule has 3 N–H and O–H groups in total. The fourth-order valence-electron chi connectivity index (χ4n) is 3.91. The quantitative estimate of drug-likeness (QED) is 0.345. The molecule has 0 unspecified atom stereocenters. The molecular formula is C28H30N2O8. The van der Waals surface area contributed by atoms with E-state index < -0.39 is 23.8 Å². The SMILES string of the molecule is COc1cc(CN(C(=O)c2ccc(Oc3ccccc3)cc2)[C@@H](CCC(=O)O)C(N)=O)cc(OC)c1OC. The van der Waals surface area contributed by atoms with Gasteiger partial charge in [-0.1, -0.05) is 18.2 Å². The summed E-state index contributed by atoms with van der Waals surface area (Å²) in [6, 6.07) is 17.7. The van der Waals surface area contributed by atoms with Crippen molar-refractivity contribution in [2.75, 3.05) is 21.3 Å². The van der Waals surface area contributed by atoms with Crippen LogP contribution in [0.25, 0.3) is 0 Å². The minimum atomic E-state index is -1.18. The topological polar surface area (TPSA) is 138 Å². The Balaban J connectivity index is 1.96. The molecule has 2 amide bonds. The van der Waals surface area contributed by atoms with Gasteiger partial charge >= 0.3 is 5.97 Å². The van der Waals surface area contributed by atoms with Crippen LogP contribution in [0.5, 0.6) is 28.7 Å². The summed E-state index contributed by atoms with van der Waals surface area (Å²) in [6.45, 7) is -0.0783. The normalized spacial score (nSPS) is 11.2. The maximum absolute atomic E-state index is 13.7. The molecule has 3 aromatic rings. The molecule has 0 bridgehead atoms. The number of methoxy groups -OCH3 is 3. The molecule has 0 aliphatic rings. The average Bonchev–Trinajstić information content (AvgIpc) is 2.92. The molecular weight excluding hydrogens is 492 g/mol. The fraction of sp³-hybridized carbons (Fsp3) is 0.250. The number of carbonyl (C=O) groups is 3. The summed E-state index contributed by atoms with van der Waals surface area (Å²) in [4.78, 5) is 38.6. The monoisotopic (exact) mass is 522 g/mol. The largest absolute Gasteiger partial charge is 0.493 e. The third kappa shape index (κ3) is 6.94. The third-order valence-corrected chi connectivity index (χ3v) is 5.75. The van der Waals surface area contributed by atoms with Gasteiger partial charge in [0.05, 0.1) is 21.3 Å². The van der Waals surface area contributed by atoms with E-state index in [2.05, 4.69) is 0 Å². The zero-order valence-electron chi connectivity index (χ0n) is 21.4. The molecule has 0 radical (unpaired) electrons. The number of hydrogen-bond donors (Lipinski definition) is 2. The summed E-state index contributed by atoms with van der Waals surface area (Å²) in [6.07, 6.45) is -0.507. The van der Waals surface area contributed by atoms with Gasteiger partial charge < -0.3 is 34.7 Å². The molecule has 38 heavy (non-hydrogen) atoms. The van der Waals surface area contributed by atoms with Crippen molar-refractivity contribution in [1.82, 2.24) is 4.90 Å². The molecule has 0 aliphatic heterocycles. The van der Waals surface area contributed by atoms with Gasteiger partial charge in [-0.15, -0.1) is 0 Å². The predicted molar refractivity (Wildman–Crippen MR) is 139 cm³/mol. The number of aliphatic carboxylic acids is 1. The average molecular weight is 523 g/mol. The van der Waals surface area contributed by atoms with Crippen molar-refractivity contribution in [2.45, 2.75) is 25.4 Å². The van der Waals surface area contributed by atoms with Gasteiger partial charge in [0.2, 0.25) is 11.7 Å². The van der Waals surface area contributed by atoms with Crippen LogP contribution in [0.15, 0.2) is 66.7 Å². The Kier molecular flexibility index (Phi) is 9.53. The van der Waals surface area contributed by atoms with Crippen LogP contribution in [0.1, 0.15) is 28.8 Å². The second kappa shape index (κ2) is 13.0. The van der Waals surface area contributed by atoms with E-state index in [4.69, 9.17) is 24.7 Å². The summed E-state index contributed by atoms with van der Waals surface area (Å²) < 4.78 is 22.0. The molecule has 0 saturated carbocycles. The Morgan fingerprint density at radius 3 is 1.95 bits per heavy atom. The van der Waals surface area contributed by atoms with Gasteiger partial charge in [-0.25, -0.2) is 0 Å². The van der Waals surface area contributed by atoms with Gasteiger partial charge in [-0.2, -0.15) is 0 Å². The molecule has 0 aromatic heterocycles. The number of carboxylic acid groups (broad SMARTS) is 1. The number of nitrogens with zero attached hydrogens (tertiary/aromatic N) is 1. The molecule has 3 aromatic carbocycles. The number of carbonyl (C=O) groups excluding carboxylic acids is 2. The van der Waals surface area contributed by atoms with E-state index in [0.717, 1.165) is 0 Å². The van der Waals surface area contributed by atoms with E-state index in [0.29, 0.717) is 34.3 Å². The van der Waals surface area contributed by atoms with Crippen LogP contribution in [-0.4, -0.2) is 55.2 Å². The van der Waals surface area contributed by atoms with Gasteiger partial charge in [0, 0.05) is 18.5 Å². The first-order chi connectivity index (χ1) is 18.3. The first-order valence-corrected chi connectivity index (χ1v) is 11.7. The second-order valence-electron chi connectivity index (χ2n) is 8.26. The maximum atomic E-state index is 13.7. The molecule has 200 valence electrons. The number of rotatable bonds is 13. The molecule has 0 aliphatic carbocycles. The standard InChI is InChI=1S/C28H30N2O8/c1-35-23-15-18(16-24(36-2)26(23)37-3)17-30(22(27(29)33)13-14-25(31)32)28(34)19-9-11-21(12-10-19)38-20-7-5-4-6-8-20/h4-12,15-16,22H,13-14,17H2,1-3H3,(H2,29,33)(H,31,32)/t22-/m0/s1. The van der Waals surface area contributed by atoms with Crippen molar-refractivity contribution >= 4 is 17.8 Å². The maximum Gasteiger partial charge on any atom is 0.303 e. The Morgan fingerprint density at radius 2 is 1.45 bits per heavy atom. The van der Waals surface area contributed by atoms with E-state index >= 15 is 0 Å². The first kappa shape index (κ1) is 27.9. The molecule has 0 spiro atoms. The Bertz CT molecular complexity index is 1240. The highest BCUT2D eigenvalue weighted by atomic mass is 16.5. The molecule has 0 heterocycles. The molecule has 10 nitrogen and oxygen atoms in total. The number of nitrogens with two attached hydrogens (primary N) is 1. The lowest BCUT2D eigenvalue weighted by molar-refractivity contribution is -0.137. The number of primary amides is 1. The fourth-order valence-corrected chi connectivity index (χ4v) is 3.91. The van der Waals surface area contributed by atoms with Gasteiger partial charge in [0.15, 0.2) is 11.5 Å². The number of benzene rings is 3. The Morgan fingerprint density at radius 1 is 0.868 bits per heavy atom. The molecule has 3 rings (SSSR count). The smallest absolute Gasteiger partial charge is 0.303 e. The van der Waals surface area contributed by atoms with Crippen molar-refractivity contribution in [3.05, 3.63) is 77.9 Å². The summed E-state index contributed by atoms with van der Waals surface area (Å²) in [7, 11) is 4.39. The van der Waals surface area contributed by atoms with Crippen molar-refractivity contribution in [3.63, 3.8) is 0 Å². The second-order valence-corrected chi connectivity index (χ2v) is 8.26.